The van der Waals surface area contributed by atoms with Gasteiger partial charge in [-0.2, -0.15) is 0 Å². The summed E-state index contributed by atoms with van der Waals surface area (Å²) < 4.78 is 6.60. The molecule has 3 aromatic rings. The Morgan fingerprint density at radius 2 is 1.82 bits per heavy atom. The highest BCUT2D eigenvalue weighted by Gasteiger charge is 2.21. The molecule has 0 aliphatic rings. The minimum absolute atomic E-state index is 0.109. The van der Waals surface area contributed by atoms with E-state index in [1.54, 1.807) is 55.9 Å². The van der Waals surface area contributed by atoms with Gasteiger partial charge in [-0.1, -0.05) is 5.21 Å². The summed E-state index contributed by atoms with van der Waals surface area (Å²) in [7, 11) is 1.58. The quantitative estimate of drug-likeness (QED) is 0.792. The van der Waals surface area contributed by atoms with Gasteiger partial charge in [0.05, 0.1) is 12.8 Å². The van der Waals surface area contributed by atoms with Gasteiger partial charge in [-0.3, -0.25) is 4.98 Å². The normalized spacial score (nSPS) is 10.4. The number of pyridine rings is 1. The molecule has 0 fully saturated rings. The average Bonchev–Trinajstić information content (AvgIpc) is 3.01. The van der Waals surface area contributed by atoms with Crippen molar-refractivity contribution in [2.24, 2.45) is 0 Å². The Hall–Kier alpha value is -3.22. The molecule has 0 aliphatic heterocycles. The van der Waals surface area contributed by atoms with Crippen molar-refractivity contribution >= 4 is 5.97 Å². The fourth-order valence-corrected chi connectivity index (χ4v) is 2.10. The molecule has 110 valence electrons. The lowest BCUT2D eigenvalue weighted by Crippen LogP contribution is -2.03. The second-order valence-electron chi connectivity index (χ2n) is 4.44. The average molecular weight is 296 g/mol. The first kappa shape index (κ1) is 13.7. The third-order valence-electron chi connectivity index (χ3n) is 3.14. The summed E-state index contributed by atoms with van der Waals surface area (Å²) in [5, 5.41) is 17.1. The van der Waals surface area contributed by atoms with Gasteiger partial charge in [-0.15, -0.1) is 5.10 Å². The number of aromatic nitrogens is 4. The highest BCUT2D eigenvalue weighted by molar-refractivity contribution is 5.93. The van der Waals surface area contributed by atoms with E-state index in [1.165, 1.54) is 4.68 Å². The van der Waals surface area contributed by atoms with Gasteiger partial charge >= 0.3 is 5.97 Å². The SMILES string of the molecule is COc1ccc(-n2nnc(C(=O)O)c2-c2ccncc2)cc1. The lowest BCUT2D eigenvalue weighted by Gasteiger charge is -2.08. The molecule has 2 aromatic heterocycles. The Morgan fingerprint density at radius 1 is 1.14 bits per heavy atom. The number of hydrogen-bond acceptors (Lipinski definition) is 5. The molecule has 0 radical (unpaired) electrons. The van der Waals surface area contributed by atoms with Crippen LogP contribution >= 0.6 is 0 Å². The molecule has 22 heavy (non-hydrogen) atoms. The maximum Gasteiger partial charge on any atom is 0.358 e. The number of carbonyl (C=O) groups is 1. The lowest BCUT2D eigenvalue weighted by molar-refractivity contribution is 0.0691. The second kappa shape index (κ2) is 5.65. The van der Waals surface area contributed by atoms with Gasteiger partial charge in [-0.25, -0.2) is 9.48 Å². The summed E-state index contributed by atoms with van der Waals surface area (Å²) in [6.07, 6.45) is 3.18. The smallest absolute Gasteiger partial charge is 0.358 e. The van der Waals surface area contributed by atoms with E-state index in [4.69, 9.17) is 4.74 Å². The Kier molecular flexibility index (Phi) is 3.53. The van der Waals surface area contributed by atoms with Gasteiger partial charge in [0.2, 0.25) is 0 Å². The topological polar surface area (TPSA) is 90.1 Å². The first-order valence-electron chi connectivity index (χ1n) is 6.44. The maximum atomic E-state index is 11.4. The van der Waals surface area contributed by atoms with Gasteiger partial charge in [0.15, 0.2) is 5.69 Å². The second-order valence-corrected chi connectivity index (χ2v) is 4.44. The molecule has 0 atom stereocenters. The highest BCUT2D eigenvalue weighted by atomic mass is 16.5. The van der Waals surface area contributed by atoms with E-state index in [2.05, 4.69) is 15.3 Å². The summed E-state index contributed by atoms with van der Waals surface area (Å²) in [5.41, 5.74) is 1.66. The molecule has 0 spiro atoms. The van der Waals surface area contributed by atoms with Crippen LogP contribution in [-0.2, 0) is 0 Å². The Labute approximate surface area is 125 Å². The molecule has 2 heterocycles. The van der Waals surface area contributed by atoms with Crippen molar-refractivity contribution in [2.45, 2.75) is 0 Å². The molecule has 7 nitrogen and oxygen atoms in total. The number of methoxy groups -OCH3 is 1. The van der Waals surface area contributed by atoms with E-state index in [0.717, 1.165) is 0 Å². The number of carboxylic acids is 1. The predicted molar refractivity (Wildman–Crippen MR) is 78.1 cm³/mol. The van der Waals surface area contributed by atoms with Gasteiger partial charge < -0.3 is 9.84 Å². The fourth-order valence-electron chi connectivity index (χ4n) is 2.10. The number of benzene rings is 1. The first-order chi connectivity index (χ1) is 10.7. The van der Waals surface area contributed by atoms with Crippen LogP contribution < -0.4 is 4.74 Å². The molecule has 0 unspecified atom stereocenters. The number of aromatic carboxylic acids is 1. The van der Waals surface area contributed by atoms with Crippen LogP contribution in [0.2, 0.25) is 0 Å². The molecule has 0 amide bonds. The summed E-state index contributed by atoms with van der Waals surface area (Å²) in [5.74, 6) is -0.431. The van der Waals surface area contributed by atoms with Crippen LogP contribution in [0.15, 0.2) is 48.8 Å². The molecular formula is C15H12N4O3. The molecular weight excluding hydrogens is 284 g/mol. The van der Waals surface area contributed by atoms with Gasteiger partial charge in [0.25, 0.3) is 0 Å². The van der Waals surface area contributed by atoms with E-state index in [9.17, 15) is 9.90 Å². The molecule has 0 saturated carbocycles. The van der Waals surface area contributed by atoms with Gasteiger partial charge in [-0.05, 0) is 36.4 Å². The standard InChI is InChI=1S/C15H12N4O3/c1-22-12-4-2-11(3-5-12)19-14(10-6-8-16-9-7-10)13(15(20)21)17-18-19/h2-9H,1H3,(H,20,21). The Bertz CT molecular complexity index is 797. The summed E-state index contributed by atoms with van der Waals surface area (Å²) in [6, 6.07) is 10.5. The van der Waals surface area contributed by atoms with Crippen LogP contribution in [0.1, 0.15) is 10.5 Å². The van der Waals surface area contributed by atoms with E-state index < -0.39 is 5.97 Å². The monoisotopic (exact) mass is 296 g/mol. The van der Waals surface area contributed by atoms with Crippen molar-refractivity contribution in [1.82, 2.24) is 20.0 Å². The van der Waals surface area contributed by atoms with Crippen molar-refractivity contribution in [3.8, 4) is 22.7 Å². The van der Waals surface area contributed by atoms with Crippen LogP contribution in [0, 0.1) is 0 Å². The summed E-state index contributed by atoms with van der Waals surface area (Å²) in [4.78, 5) is 15.3. The molecule has 7 heteroatoms. The molecule has 0 aliphatic carbocycles. The van der Waals surface area contributed by atoms with Gasteiger partial charge in [0, 0.05) is 18.0 Å². The van der Waals surface area contributed by atoms with E-state index >= 15 is 0 Å². The van der Waals surface area contributed by atoms with Gasteiger partial charge in [0.1, 0.15) is 11.4 Å². The van der Waals surface area contributed by atoms with E-state index in [-0.39, 0.29) is 5.69 Å². The minimum atomic E-state index is -1.13. The first-order valence-corrected chi connectivity index (χ1v) is 6.44. The number of rotatable bonds is 4. The predicted octanol–water partition coefficient (Wildman–Crippen LogP) is 2.04. The fraction of sp³-hybridized carbons (Fsp3) is 0.0667. The van der Waals surface area contributed by atoms with Crippen LogP contribution in [0.5, 0.6) is 5.75 Å². The lowest BCUT2D eigenvalue weighted by atomic mass is 10.1. The van der Waals surface area contributed by atoms with Crippen LogP contribution in [-0.4, -0.2) is 38.2 Å². The molecule has 3 rings (SSSR count). The largest absolute Gasteiger partial charge is 0.497 e. The van der Waals surface area contributed by atoms with Crippen molar-refractivity contribution in [3.63, 3.8) is 0 Å². The maximum absolute atomic E-state index is 11.4. The summed E-state index contributed by atoms with van der Waals surface area (Å²) in [6.45, 7) is 0. The Morgan fingerprint density at radius 3 is 2.41 bits per heavy atom. The van der Waals surface area contributed by atoms with Crippen molar-refractivity contribution in [2.75, 3.05) is 7.11 Å². The zero-order chi connectivity index (χ0) is 15.5. The highest BCUT2D eigenvalue weighted by Crippen LogP contribution is 2.25. The summed E-state index contributed by atoms with van der Waals surface area (Å²) >= 11 is 0. The molecule has 1 aromatic carbocycles. The zero-order valence-electron chi connectivity index (χ0n) is 11.7. The Balaban J connectivity index is 2.17. The van der Waals surface area contributed by atoms with Crippen LogP contribution in [0.25, 0.3) is 16.9 Å². The zero-order valence-corrected chi connectivity index (χ0v) is 11.7. The minimum Gasteiger partial charge on any atom is -0.497 e. The number of ether oxygens (including phenoxy) is 1. The van der Waals surface area contributed by atoms with Crippen LogP contribution in [0.4, 0.5) is 0 Å². The molecule has 0 bridgehead atoms. The van der Waals surface area contributed by atoms with E-state index in [0.29, 0.717) is 22.7 Å². The number of carboxylic acid groups (broad SMARTS) is 1. The molecule has 1 N–H and O–H groups in total. The van der Waals surface area contributed by atoms with E-state index in [1.807, 2.05) is 0 Å². The number of hydrogen-bond donors (Lipinski definition) is 1. The third-order valence-corrected chi connectivity index (χ3v) is 3.14. The van der Waals surface area contributed by atoms with Crippen molar-refractivity contribution in [3.05, 3.63) is 54.5 Å². The van der Waals surface area contributed by atoms with Crippen LogP contribution in [0.3, 0.4) is 0 Å². The van der Waals surface area contributed by atoms with Crippen molar-refractivity contribution < 1.29 is 14.6 Å². The van der Waals surface area contributed by atoms with Crippen molar-refractivity contribution in [1.29, 1.82) is 0 Å². The number of nitrogens with zero attached hydrogens (tertiary/aromatic N) is 4. The molecule has 0 saturated heterocycles. The third kappa shape index (κ3) is 2.39.